The second-order valence-electron chi connectivity index (χ2n) is 8.61. The Morgan fingerprint density at radius 1 is 1.00 bits per heavy atom. The summed E-state index contributed by atoms with van der Waals surface area (Å²) >= 11 is 0. The number of fused-ring (bicyclic) bond motifs is 2. The zero-order chi connectivity index (χ0) is 22.9. The Kier molecular flexibility index (Phi) is 5.47. The predicted molar refractivity (Wildman–Crippen MR) is 130 cm³/mol. The lowest BCUT2D eigenvalue weighted by atomic mass is 9.95. The topological polar surface area (TPSA) is 65.2 Å². The van der Waals surface area contributed by atoms with E-state index >= 15 is 0 Å². The molecule has 0 radical (unpaired) electrons. The molecule has 33 heavy (non-hydrogen) atoms. The molecule has 0 unspecified atom stereocenters. The minimum absolute atomic E-state index is 0.106. The molecule has 2 N–H and O–H groups in total. The van der Waals surface area contributed by atoms with Crippen LogP contribution in [-0.4, -0.2) is 34.3 Å². The monoisotopic (exact) mass is 437 g/mol. The number of aryl methyl sites for hydroxylation is 1. The molecule has 166 valence electrons. The zero-order valence-corrected chi connectivity index (χ0v) is 18.8. The molecule has 4 aromatic rings. The maximum atomic E-state index is 13.5. The normalized spacial score (nSPS) is 16.1. The van der Waals surface area contributed by atoms with Crippen LogP contribution in [0.15, 0.2) is 78.9 Å². The van der Waals surface area contributed by atoms with Gasteiger partial charge in [0.25, 0.3) is 5.91 Å². The maximum absolute atomic E-state index is 13.5. The Morgan fingerprint density at radius 3 is 2.52 bits per heavy atom. The Bertz CT molecular complexity index is 1330. The first kappa shape index (κ1) is 21.0. The van der Waals surface area contributed by atoms with E-state index < -0.39 is 6.04 Å². The highest BCUT2D eigenvalue weighted by Crippen LogP contribution is 2.43. The van der Waals surface area contributed by atoms with Crippen LogP contribution in [0.3, 0.4) is 0 Å². The van der Waals surface area contributed by atoms with Crippen LogP contribution >= 0.6 is 0 Å². The fourth-order valence-electron chi connectivity index (χ4n) is 4.93. The molecular weight excluding hydrogens is 410 g/mol. The van der Waals surface area contributed by atoms with Crippen molar-refractivity contribution >= 4 is 22.7 Å². The lowest BCUT2D eigenvalue weighted by Gasteiger charge is -2.31. The van der Waals surface area contributed by atoms with Gasteiger partial charge in [-0.05, 0) is 43.5 Å². The third-order valence-corrected chi connectivity index (χ3v) is 6.57. The molecule has 2 heterocycles. The summed E-state index contributed by atoms with van der Waals surface area (Å²) < 4.78 is 0. The largest absolute Gasteiger partial charge is 0.358 e. The molecule has 0 spiro atoms. The molecule has 3 aromatic carbocycles. The second-order valence-corrected chi connectivity index (χ2v) is 8.61. The molecule has 1 aliphatic rings. The van der Waals surface area contributed by atoms with Crippen molar-refractivity contribution in [2.75, 3.05) is 6.54 Å². The SMILES string of the molecule is Cc1[nH]c2ccccc2c1[C@@H]1c2ccccc2C(=O)N1[C@H](C)C(=O)NCCc1ccccc1. The van der Waals surface area contributed by atoms with E-state index in [1.54, 1.807) is 4.90 Å². The number of benzene rings is 3. The fourth-order valence-corrected chi connectivity index (χ4v) is 4.93. The van der Waals surface area contributed by atoms with E-state index in [-0.39, 0.29) is 17.9 Å². The van der Waals surface area contributed by atoms with Crippen molar-refractivity contribution in [2.45, 2.75) is 32.4 Å². The number of aromatic amines is 1. The van der Waals surface area contributed by atoms with Crippen LogP contribution in [0.2, 0.25) is 0 Å². The third kappa shape index (κ3) is 3.69. The molecular formula is C28H27N3O2. The number of hydrogen-bond acceptors (Lipinski definition) is 2. The molecule has 0 saturated heterocycles. The summed E-state index contributed by atoms with van der Waals surface area (Å²) in [4.78, 5) is 31.9. The van der Waals surface area contributed by atoms with Gasteiger partial charge in [-0.3, -0.25) is 9.59 Å². The van der Waals surface area contributed by atoms with Gasteiger partial charge in [0.15, 0.2) is 0 Å². The average molecular weight is 438 g/mol. The molecule has 0 bridgehead atoms. The van der Waals surface area contributed by atoms with Gasteiger partial charge in [-0.15, -0.1) is 0 Å². The van der Waals surface area contributed by atoms with Crippen LogP contribution in [0.5, 0.6) is 0 Å². The van der Waals surface area contributed by atoms with Crippen molar-refractivity contribution < 1.29 is 9.59 Å². The number of rotatable bonds is 6. The minimum Gasteiger partial charge on any atom is -0.358 e. The number of carbonyl (C=O) groups is 2. The standard InChI is InChI=1S/C28H27N3O2/c1-18-25(23-14-8-9-15-24(23)30-18)26-21-12-6-7-13-22(21)28(33)31(26)19(2)27(32)29-17-16-20-10-4-3-5-11-20/h3-15,19,26,30H,16-17H2,1-2H3,(H,29,32)/t19-,26+/m1/s1. The summed E-state index contributed by atoms with van der Waals surface area (Å²) in [5.74, 6) is -0.249. The summed E-state index contributed by atoms with van der Waals surface area (Å²) in [6, 6.07) is 24.9. The van der Waals surface area contributed by atoms with Crippen LogP contribution in [0, 0.1) is 6.92 Å². The average Bonchev–Trinajstić information content (AvgIpc) is 3.32. The number of nitrogens with zero attached hydrogens (tertiary/aromatic N) is 1. The number of H-pyrrole nitrogens is 1. The predicted octanol–water partition coefficient (Wildman–Crippen LogP) is 4.77. The Morgan fingerprint density at radius 2 is 1.70 bits per heavy atom. The molecule has 1 aromatic heterocycles. The molecule has 5 nitrogen and oxygen atoms in total. The van der Waals surface area contributed by atoms with Crippen molar-refractivity contribution in [1.82, 2.24) is 15.2 Å². The van der Waals surface area contributed by atoms with E-state index in [1.165, 1.54) is 5.56 Å². The third-order valence-electron chi connectivity index (χ3n) is 6.57. The van der Waals surface area contributed by atoms with Crippen molar-refractivity contribution in [3.05, 3.63) is 107 Å². The van der Waals surface area contributed by atoms with Gasteiger partial charge >= 0.3 is 0 Å². The van der Waals surface area contributed by atoms with Crippen LogP contribution in [0.4, 0.5) is 0 Å². The van der Waals surface area contributed by atoms with Crippen molar-refractivity contribution in [1.29, 1.82) is 0 Å². The fraction of sp³-hybridized carbons (Fsp3) is 0.214. The first-order chi connectivity index (χ1) is 16.1. The van der Waals surface area contributed by atoms with E-state index in [9.17, 15) is 9.59 Å². The Balaban J connectivity index is 1.47. The van der Waals surface area contributed by atoms with Gasteiger partial charge < -0.3 is 15.2 Å². The first-order valence-electron chi connectivity index (χ1n) is 11.4. The smallest absolute Gasteiger partial charge is 0.255 e. The Hall–Kier alpha value is -3.86. The van der Waals surface area contributed by atoms with Gasteiger partial charge in [0.2, 0.25) is 5.91 Å². The van der Waals surface area contributed by atoms with Crippen LogP contribution in [0.1, 0.15) is 45.7 Å². The molecule has 0 fully saturated rings. The van der Waals surface area contributed by atoms with E-state index in [4.69, 9.17) is 0 Å². The summed E-state index contributed by atoms with van der Waals surface area (Å²) in [5, 5.41) is 4.11. The number of hydrogen-bond donors (Lipinski definition) is 2. The molecule has 0 saturated carbocycles. The molecule has 5 rings (SSSR count). The molecule has 1 aliphatic heterocycles. The maximum Gasteiger partial charge on any atom is 0.255 e. The highest BCUT2D eigenvalue weighted by atomic mass is 16.2. The second kappa shape index (κ2) is 8.58. The quantitative estimate of drug-likeness (QED) is 0.456. The Labute approximate surface area is 193 Å². The van der Waals surface area contributed by atoms with Crippen molar-refractivity contribution in [2.24, 2.45) is 0 Å². The number of para-hydroxylation sites is 1. The summed E-state index contributed by atoms with van der Waals surface area (Å²) in [7, 11) is 0. The first-order valence-corrected chi connectivity index (χ1v) is 11.4. The van der Waals surface area contributed by atoms with Crippen molar-refractivity contribution in [3.63, 3.8) is 0 Å². The lowest BCUT2D eigenvalue weighted by molar-refractivity contribution is -0.125. The number of amides is 2. The molecule has 2 amide bonds. The highest BCUT2D eigenvalue weighted by Gasteiger charge is 2.43. The highest BCUT2D eigenvalue weighted by molar-refractivity contribution is 6.03. The van der Waals surface area contributed by atoms with Gasteiger partial charge in [-0.2, -0.15) is 0 Å². The van der Waals surface area contributed by atoms with Gasteiger partial charge in [0.1, 0.15) is 6.04 Å². The van der Waals surface area contributed by atoms with Crippen LogP contribution in [-0.2, 0) is 11.2 Å². The summed E-state index contributed by atoms with van der Waals surface area (Å²) in [6.07, 6.45) is 0.748. The van der Waals surface area contributed by atoms with Crippen LogP contribution < -0.4 is 5.32 Å². The van der Waals surface area contributed by atoms with E-state index in [0.717, 1.165) is 34.1 Å². The number of nitrogens with one attached hydrogen (secondary N) is 2. The molecule has 2 atom stereocenters. The van der Waals surface area contributed by atoms with Crippen molar-refractivity contribution in [3.8, 4) is 0 Å². The summed E-state index contributed by atoms with van der Waals surface area (Å²) in [5.41, 5.74) is 5.86. The van der Waals surface area contributed by atoms with E-state index in [2.05, 4.69) is 16.4 Å². The van der Waals surface area contributed by atoms with E-state index in [0.29, 0.717) is 12.1 Å². The molecule has 5 heteroatoms. The van der Waals surface area contributed by atoms with Gasteiger partial charge in [-0.25, -0.2) is 0 Å². The number of carbonyl (C=O) groups excluding carboxylic acids is 2. The number of aromatic nitrogens is 1. The lowest BCUT2D eigenvalue weighted by Crippen LogP contribution is -2.47. The zero-order valence-electron chi connectivity index (χ0n) is 18.8. The van der Waals surface area contributed by atoms with Gasteiger partial charge in [-0.1, -0.05) is 66.7 Å². The van der Waals surface area contributed by atoms with Crippen LogP contribution in [0.25, 0.3) is 10.9 Å². The summed E-state index contributed by atoms with van der Waals surface area (Å²) in [6.45, 7) is 4.38. The van der Waals surface area contributed by atoms with Gasteiger partial charge in [0, 0.05) is 34.3 Å². The van der Waals surface area contributed by atoms with E-state index in [1.807, 2.05) is 86.6 Å². The minimum atomic E-state index is -0.612. The van der Waals surface area contributed by atoms with Gasteiger partial charge in [0.05, 0.1) is 6.04 Å². The molecule has 0 aliphatic carbocycles.